The van der Waals surface area contributed by atoms with Crippen molar-refractivity contribution in [1.29, 1.82) is 0 Å². The lowest BCUT2D eigenvalue weighted by atomic mass is 9.74. The van der Waals surface area contributed by atoms with Gasteiger partial charge in [-0.15, -0.1) is 0 Å². The lowest BCUT2D eigenvalue weighted by Crippen LogP contribution is -2.50. The maximum Gasteiger partial charge on any atom is 0.408 e. The highest BCUT2D eigenvalue weighted by molar-refractivity contribution is 7.80. The van der Waals surface area contributed by atoms with Gasteiger partial charge in [0, 0.05) is 5.41 Å². The van der Waals surface area contributed by atoms with Gasteiger partial charge in [0.2, 0.25) is 0 Å². The summed E-state index contributed by atoms with van der Waals surface area (Å²) in [5, 5.41) is 2.90. The summed E-state index contributed by atoms with van der Waals surface area (Å²) in [6.45, 7) is 9.51. The van der Waals surface area contributed by atoms with Crippen molar-refractivity contribution in [3.8, 4) is 0 Å². The molecule has 0 spiro atoms. The van der Waals surface area contributed by atoms with Crippen molar-refractivity contribution in [2.24, 2.45) is 11.1 Å². The van der Waals surface area contributed by atoms with E-state index in [0.29, 0.717) is 4.99 Å². The molecule has 0 radical (unpaired) electrons. The number of thiocarbonyl (C=S) groups is 1. The fourth-order valence-corrected chi connectivity index (χ4v) is 2.07. The minimum atomic E-state index is -0.494. The van der Waals surface area contributed by atoms with Gasteiger partial charge in [-0.3, -0.25) is 0 Å². The molecule has 2 atom stereocenters. The van der Waals surface area contributed by atoms with Gasteiger partial charge in [0.15, 0.2) is 0 Å². The summed E-state index contributed by atoms with van der Waals surface area (Å²) < 4.78 is 5.27. The van der Waals surface area contributed by atoms with E-state index in [1.54, 1.807) is 0 Å². The molecule has 1 aliphatic carbocycles. The monoisotopic (exact) mass is 284 g/mol. The van der Waals surface area contributed by atoms with E-state index in [1.807, 2.05) is 46.8 Å². The van der Waals surface area contributed by atoms with Crippen LogP contribution in [0.5, 0.6) is 0 Å². The molecule has 1 aliphatic rings. The normalized spacial score (nSPS) is 30.8. The largest absolute Gasteiger partial charge is 0.444 e. The zero-order chi connectivity index (χ0) is 14.9. The van der Waals surface area contributed by atoms with Crippen LogP contribution in [-0.4, -0.2) is 22.2 Å². The van der Waals surface area contributed by atoms with E-state index in [-0.39, 0.29) is 5.41 Å². The molecule has 2 unspecified atom stereocenters. The molecule has 1 rings (SSSR count). The van der Waals surface area contributed by atoms with E-state index in [2.05, 4.69) is 5.32 Å². The molecule has 5 heteroatoms. The van der Waals surface area contributed by atoms with Crippen LogP contribution in [0.4, 0.5) is 4.79 Å². The number of carbonyl (C=O) groups excluding carboxylic acids is 1. The second kappa shape index (κ2) is 5.12. The molecule has 0 saturated carbocycles. The van der Waals surface area contributed by atoms with Crippen LogP contribution in [0.2, 0.25) is 0 Å². The zero-order valence-corrected chi connectivity index (χ0v) is 13.2. The Morgan fingerprint density at radius 3 is 2.26 bits per heavy atom. The quantitative estimate of drug-likeness (QED) is 0.604. The van der Waals surface area contributed by atoms with E-state index < -0.39 is 17.2 Å². The molecule has 0 fully saturated rings. The first-order chi connectivity index (χ1) is 8.46. The number of alkyl carbamates (subject to hydrolysis) is 1. The van der Waals surface area contributed by atoms with Gasteiger partial charge in [-0.2, -0.15) is 0 Å². The Bertz CT molecular complexity index is 414. The molecule has 0 aromatic rings. The first kappa shape index (κ1) is 16.0. The predicted octanol–water partition coefficient (Wildman–Crippen LogP) is 2.91. The number of nitrogens with one attached hydrogen (secondary N) is 1. The topological polar surface area (TPSA) is 64.3 Å². The first-order valence-electron chi connectivity index (χ1n) is 6.47. The summed E-state index contributed by atoms with van der Waals surface area (Å²) >= 11 is 5.08. The summed E-state index contributed by atoms with van der Waals surface area (Å²) in [5.41, 5.74) is 4.58. The average molecular weight is 284 g/mol. The highest BCUT2D eigenvalue weighted by Crippen LogP contribution is 2.35. The molecular formula is C14H24N2O2S. The lowest BCUT2D eigenvalue weighted by molar-refractivity contribution is 0.0474. The molecular weight excluding hydrogens is 260 g/mol. The second-order valence-electron chi connectivity index (χ2n) is 6.66. The van der Waals surface area contributed by atoms with Crippen molar-refractivity contribution in [3.05, 3.63) is 12.2 Å². The molecule has 0 saturated heterocycles. The molecule has 0 aromatic carbocycles. The van der Waals surface area contributed by atoms with E-state index in [1.165, 1.54) is 0 Å². The maximum absolute atomic E-state index is 11.8. The highest BCUT2D eigenvalue weighted by atomic mass is 32.1. The predicted molar refractivity (Wildman–Crippen MR) is 81.0 cm³/mol. The molecule has 0 aliphatic heterocycles. The summed E-state index contributed by atoms with van der Waals surface area (Å²) in [4.78, 5) is 12.3. The zero-order valence-electron chi connectivity index (χ0n) is 12.4. The molecule has 0 heterocycles. The van der Waals surface area contributed by atoms with Crippen LogP contribution in [0.1, 0.15) is 47.5 Å². The molecule has 4 nitrogen and oxygen atoms in total. The van der Waals surface area contributed by atoms with Gasteiger partial charge in [-0.1, -0.05) is 24.4 Å². The fraction of sp³-hybridized carbons (Fsp3) is 0.714. The van der Waals surface area contributed by atoms with Crippen molar-refractivity contribution in [2.45, 2.75) is 58.6 Å². The molecule has 19 heavy (non-hydrogen) atoms. The van der Waals surface area contributed by atoms with Gasteiger partial charge in [0.1, 0.15) is 5.60 Å². The summed E-state index contributed by atoms with van der Waals surface area (Å²) in [5.74, 6) is 0. The maximum atomic E-state index is 11.8. The number of amides is 1. The smallest absolute Gasteiger partial charge is 0.408 e. The second-order valence-corrected chi connectivity index (χ2v) is 7.10. The SMILES string of the molecule is CC1(NC(=O)OC(C)(C)C)C=CC(C)(C(N)=S)CC1. The Labute approximate surface area is 120 Å². The summed E-state index contributed by atoms with van der Waals surface area (Å²) in [6.07, 6.45) is 5.12. The van der Waals surface area contributed by atoms with Crippen molar-refractivity contribution >= 4 is 23.3 Å². The molecule has 108 valence electrons. The molecule has 1 amide bonds. The standard InChI is InChI=1S/C14H24N2O2S/c1-12(2,3)18-11(17)16-14(5)8-6-13(4,7-9-14)10(15)19/h6,8H,7,9H2,1-5H3,(H2,15,19)(H,16,17). The van der Waals surface area contributed by atoms with Crippen LogP contribution in [0, 0.1) is 5.41 Å². The Morgan fingerprint density at radius 1 is 1.32 bits per heavy atom. The summed E-state index contributed by atoms with van der Waals surface area (Å²) in [7, 11) is 0. The molecule has 0 aromatic heterocycles. The highest BCUT2D eigenvalue weighted by Gasteiger charge is 2.36. The van der Waals surface area contributed by atoms with Crippen molar-refractivity contribution in [2.75, 3.05) is 0 Å². The Hall–Kier alpha value is -1.10. The Kier molecular flexibility index (Phi) is 4.30. The minimum absolute atomic E-state index is 0.259. The van der Waals surface area contributed by atoms with Crippen molar-refractivity contribution in [1.82, 2.24) is 5.32 Å². The molecule has 3 N–H and O–H groups in total. The van der Waals surface area contributed by atoms with Gasteiger partial charge in [0.25, 0.3) is 0 Å². The number of nitrogens with two attached hydrogens (primary N) is 1. The van der Waals surface area contributed by atoms with Crippen LogP contribution in [-0.2, 0) is 4.74 Å². The third-order valence-electron chi connectivity index (χ3n) is 3.33. The van der Waals surface area contributed by atoms with Gasteiger partial charge in [0.05, 0.1) is 10.5 Å². The fourth-order valence-electron chi connectivity index (χ4n) is 1.90. The van der Waals surface area contributed by atoms with Gasteiger partial charge in [-0.05, 0) is 47.5 Å². The van der Waals surface area contributed by atoms with Crippen molar-refractivity contribution < 1.29 is 9.53 Å². The third-order valence-corrected chi connectivity index (χ3v) is 3.80. The van der Waals surface area contributed by atoms with E-state index in [0.717, 1.165) is 12.8 Å². The van der Waals surface area contributed by atoms with Crippen LogP contribution >= 0.6 is 12.2 Å². The van der Waals surface area contributed by atoms with E-state index in [4.69, 9.17) is 22.7 Å². The minimum Gasteiger partial charge on any atom is -0.444 e. The summed E-state index contributed by atoms with van der Waals surface area (Å²) in [6, 6.07) is 0. The average Bonchev–Trinajstić information content (AvgIpc) is 2.19. The number of hydrogen-bond acceptors (Lipinski definition) is 3. The van der Waals surface area contributed by atoms with Gasteiger partial charge >= 0.3 is 6.09 Å². The van der Waals surface area contributed by atoms with Crippen LogP contribution in [0.3, 0.4) is 0 Å². The Balaban J connectivity index is 2.71. The van der Waals surface area contributed by atoms with E-state index >= 15 is 0 Å². The van der Waals surface area contributed by atoms with Crippen LogP contribution < -0.4 is 11.1 Å². The van der Waals surface area contributed by atoms with Crippen molar-refractivity contribution in [3.63, 3.8) is 0 Å². The molecule has 0 bridgehead atoms. The third kappa shape index (κ3) is 4.49. The first-order valence-corrected chi connectivity index (χ1v) is 6.88. The van der Waals surface area contributed by atoms with E-state index in [9.17, 15) is 4.79 Å². The number of ether oxygens (including phenoxy) is 1. The Morgan fingerprint density at radius 2 is 1.89 bits per heavy atom. The van der Waals surface area contributed by atoms with Crippen LogP contribution in [0.15, 0.2) is 12.2 Å². The number of carbonyl (C=O) groups is 1. The number of rotatable bonds is 2. The van der Waals surface area contributed by atoms with Gasteiger partial charge < -0.3 is 15.8 Å². The lowest BCUT2D eigenvalue weighted by Gasteiger charge is -2.38. The number of hydrogen-bond donors (Lipinski definition) is 2. The van der Waals surface area contributed by atoms with Gasteiger partial charge in [-0.25, -0.2) is 4.79 Å². The van der Waals surface area contributed by atoms with Crippen LogP contribution in [0.25, 0.3) is 0 Å².